The molecule has 0 radical (unpaired) electrons. The van der Waals surface area contributed by atoms with Gasteiger partial charge in [-0.3, -0.25) is 9.69 Å². The molecule has 24 heavy (non-hydrogen) atoms. The van der Waals surface area contributed by atoms with Gasteiger partial charge in [0, 0.05) is 38.9 Å². The van der Waals surface area contributed by atoms with Gasteiger partial charge in [-0.2, -0.15) is 5.26 Å². The van der Waals surface area contributed by atoms with Crippen molar-refractivity contribution in [1.82, 2.24) is 10.2 Å². The maximum absolute atomic E-state index is 12.6. The van der Waals surface area contributed by atoms with E-state index in [9.17, 15) is 10.1 Å². The van der Waals surface area contributed by atoms with E-state index in [4.69, 9.17) is 4.74 Å². The smallest absolute Gasteiger partial charge is 0.240 e. The Kier molecular flexibility index (Phi) is 5.49. The summed E-state index contributed by atoms with van der Waals surface area (Å²) in [4.78, 5) is 15.0. The largest absolute Gasteiger partial charge is 0.381 e. The molecule has 1 aromatic rings. The van der Waals surface area contributed by atoms with Crippen LogP contribution < -0.4 is 5.32 Å². The highest BCUT2D eigenvalue weighted by Crippen LogP contribution is 2.30. The Morgan fingerprint density at radius 3 is 2.54 bits per heavy atom. The molecule has 3 rings (SSSR count). The number of benzene rings is 1. The molecule has 2 heterocycles. The van der Waals surface area contributed by atoms with Crippen LogP contribution in [0.25, 0.3) is 0 Å². The van der Waals surface area contributed by atoms with Crippen molar-refractivity contribution in [2.75, 3.05) is 26.3 Å². The van der Waals surface area contributed by atoms with Gasteiger partial charge in [-0.05, 0) is 31.2 Å². The molecule has 0 unspecified atom stereocenters. The number of carbonyl (C=O) groups excluding carboxylic acids is 1. The van der Waals surface area contributed by atoms with Gasteiger partial charge in [0.2, 0.25) is 5.91 Å². The molecular formula is C19H25N3O2. The molecule has 2 aliphatic rings. The molecule has 2 aliphatic heterocycles. The van der Waals surface area contributed by atoms with Crippen LogP contribution in [0, 0.1) is 16.7 Å². The van der Waals surface area contributed by atoms with Crippen molar-refractivity contribution in [3.63, 3.8) is 0 Å². The molecule has 5 heteroatoms. The van der Waals surface area contributed by atoms with Gasteiger partial charge in [-0.15, -0.1) is 0 Å². The Hall–Kier alpha value is -1.90. The number of hydrogen-bond donors (Lipinski definition) is 1. The van der Waals surface area contributed by atoms with E-state index in [1.165, 1.54) is 5.56 Å². The van der Waals surface area contributed by atoms with Gasteiger partial charge in [0.25, 0.3) is 0 Å². The summed E-state index contributed by atoms with van der Waals surface area (Å²) in [6.45, 7) is 3.90. The number of amides is 1. The van der Waals surface area contributed by atoms with Crippen molar-refractivity contribution in [2.24, 2.45) is 5.41 Å². The summed E-state index contributed by atoms with van der Waals surface area (Å²) < 4.78 is 5.30. The van der Waals surface area contributed by atoms with E-state index in [1.54, 1.807) is 0 Å². The van der Waals surface area contributed by atoms with E-state index < -0.39 is 5.41 Å². The summed E-state index contributed by atoms with van der Waals surface area (Å²) >= 11 is 0. The highest BCUT2D eigenvalue weighted by atomic mass is 16.5. The van der Waals surface area contributed by atoms with Gasteiger partial charge in [0.05, 0.1) is 6.07 Å². The zero-order valence-corrected chi connectivity index (χ0v) is 14.0. The number of ether oxygens (including phenoxy) is 1. The van der Waals surface area contributed by atoms with E-state index in [0.29, 0.717) is 26.1 Å². The Morgan fingerprint density at radius 1 is 1.25 bits per heavy atom. The zero-order chi connectivity index (χ0) is 16.8. The zero-order valence-electron chi connectivity index (χ0n) is 14.0. The lowest BCUT2D eigenvalue weighted by Gasteiger charge is -2.35. The Bertz CT molecular complexity index is 582. The minimum Gasteiger partial charge on any atom is -0.381 e. The average molecular weight is 327 g/mol. The molecule has 5 nitrogen and oxygen atoms in total. The Morgan fingerprint density at radius 2 is 1.92 bits per heavy atom. The molecule has 0 aliphatic carbocycles. The normalized spacial score (nSPS) is 21.8. The first-order chi connectivity index (χ1) is 11.7. The third-order valence-corrected chi connectivity index (χ3v) is 5.17. The number of nitrogens with zero attached hydrogens (tertiary/aromatic N) is 2. The summed E-state index contributed by atoms with van der Waals surface area (Å²) in [5.74, 6) is -0.102. The van der Waals surface area contributed by atoms with Gasteiger partial charge in [-0.25, -0.2) is 0 Å². The van der Waals surface area contributed by atoms with Crippen molar-refractivity contribution in [3.8, 4) is 6.07 Å². The van der Waals surface area contributed by atoms with E-state index in [0.717, 1.165) is 32.5 Å². The monoisotopic (exact) mass is 327 g/mol. The molecule has 2 saturated heterocycles. The number of nitriles is 1. The van der Waals surface area contributed by atoms with Crippen molar-refractivity contribution >= 4 is 5.91 Å². The van der Waals surface area contributed by atoms with Crippen LogP contribution in [0.2, 0.25) is 0 Å². The van der Waals surface area contributed by atoms with E-state index in [-0.39, 0.29) is 11.9 Å². The van der Waals surface area contributed by atoms with Crippen LogP contribution in [0.5, 0.6) is 0 Å². The second-order valence-corrected chi connectivity index (χ2v) is 6.82. The lowest BCUT2D eigenvalue weighted by atomic mass is 9.80. The first kappa shape index (κ1) is 16.9. The first-order valence-corrected chi connectivity index (χ1v) is 8.78. The summed E-state index contributed by atoms with van der Waals surface area (Å²) in [7, 11) is 0. The molecule has 128 valence electrons. The fourth-order valence-electron chi connectivity index (χ4n) is 3.51. The van der Waals surface area contributed by atoms with Crippen LogP contribution in [0.1, 0.15) is 31.2 Å². The fraction of sp³-hybridized carbons (Fsp3) is 0.579. The predicted molar refractivity (Wildman–Crippen MR) is 91.0 cm³/mol. The Balaban J connectivity index is 1.48. The third-order valence-electron chi connectivity index (χ3n) is 5.17. The van der Waals surface area contributed by atoms with Crippen molar-refractivity contribution < 1.29 is 9.53 Å². The number of hydrogen-bond acceptors (Lipinski definition) is 4. The van der Waals surface area contributed by atoms with Gasteiger partial charge < -0.3 is 10.1 Å². The molecule has 0 bridgehead atoms. The summed E-state index contributed by atoms with van der Waals surface area (Å²) in [6.07, 6.45) is 2.89. The lowest BCUT2D eigenvalue weighted by Crippen LogP contribution is -2.50. The second-order valence-electron chi connectivity index (χ2n) is 6.82. The van der Waals surface area contributed by atoms with Crippen LogP contribution in [0.15, 0.2) is 30.3 Å². The van der Waals surface area contributed by atoms with Crippen LogP contribution in [0.3, 0.4) is 0 Å². The summed E-state index contributed by atoms with van der Waals surface area (Å²) in [5, 5.41) is 12.6. The molecule has 0 atom stereocenters. The molecule has 0 saturated carbocycles. The van der Waals surface area contributed by atoms with Crippen LogP contribution in [0.4, 0.5) is 0 Å². The number of likely N-dealkylation sites (tertiary alicyclic amines) is 1. The molecule has 0 aromatic heterocycles. The molecule has 1 aromatic carbocycles. The Labute approximate surface area is 143 Å². The maximum Gasteiger partial charge on any atom is 0.240 e. The van der Waals surface area contributed by atoms with E-state index in [1.807, 2.05) is 6.07 Å². The highest BCUT2D eigenvalue weighted by Gasteiger charge is 2.41. The number of nitrogens with one attached hydrogen (secondary N) is 1. The SMILES string of the molecule is N#CC1(C(=O)NC2CCN(Cc3ccccc3)CC2)CCOCC1. The maximum atomic E-state index is 12.6. The molecule has 1 N–H and O–H groups in total. The van der Waals surface area contributed by atoms with Crippen LogP contribution in [-0.2, 0) is 16.1 Å². The minimum atomic E-state index is -0.889. The number of piperidine rings is 1. The topological polar surface area (TPSA) is 65.4 Å². The van der Waals surface area contributed by atoms with Gasteiger partial charge >= 0.3 is 0 Å². The summed E-state index contributed by atoms with van der Waals surface area (Å²) in [5.41, 5.74) is 0.435. The molecular weight excluding hydrogens is 302 g/mol. The third kappa shape index (κ3) is 3.95. The van der Waals surface area contributed by atoms with E-state index >= 15 is 0 Å². The fourth-order valence-corrected chi connectivity index (χ4v) is 3.51. The number of rotatable bonds is 4. The standard InChI is InChI=1S/C19H25N3O2/c20-15-19(8-12-24-13-9-19)18(23)21-17-6-10-22(11-7-17)14-16-4-2-1-3-5-16/h1-5,17H,6-14H2,(H,21,23). The van der Waals surface area contributed by atoms with Gasteiger partial charge in [0.15, 0.2) is 0 Å². The average Bonchev–Trinajstić information content (AvgIpc) is 2.64. The van der Waals surface area contributed by atoms with E-state index in [2.05, 4.69) is 40.6 Å². The predicted octanol–water partition coefficient (Wildman–Crippen LogP) is 2.09. The summed E-state index contributed by atoms with van der Waals surface area (Å²) in [6, 6.07) is 12.9. The van der Waals surface area contributed by atoms with Gasteiger partial charge in [0.1, 0.15) is 5.41 Å². The molecule has 2 fully saturated rings. The molecule has 0 spiro atoms. The highest BCUT2D eigenvalue weighted by molar-refractivity contribution is 5.85. The minimum absolute atomic E-state index is 0.102. The van der Waals surface area contributed by atoms with Crippen molar-refractivity contribution in [2.45, 2.75) is 38.3 Å². The van der Waals surface area contributed by atoms with Gasteiger partial charge in [-0.1, -0.05) is 30.3 Å². The van der Waals surface area contributed by atoms with Crippen LogP contribution >= 0.6 is 0 Å². The van der Waals surface area contributed by atoms with Crippen molar-refractivity contribution in [1.29, 1.82) is 5.26 Å². The molecule has 1 amide bonds. The van der Waals surface area contributed by atoms with Crippen LogP contribution in [-0.4, -0.2) is 43.2 Å². The quantitative estimate of drug-likeness (QED) is 0.919. The second kappa shape index (κ2) is 7.78. The van der Waals surface area contributed by atoms with Crippen molar-refractivity contribution in [3.05, 3.63) is 35.9 Å². The first-order valence-electron chi connectivity index (χ1n) is 8.78. The number of carbonyl (C=O) groups is 1. The lowest BCUT2D eigenvalue weighted by molar-refractivity contribution is -0.133.